The van der Waals surface area contributed by atoms with Crippen LogP contribution in [0.15, 0.2) is 11.6 Å². The van der Waals surface area contributed by atoms with E-state index in [1.165, 1.54) is 19.3 Å². The highest BCUT2D eigenvalue weighted by atomic mass is 16.3. The second-order valence-corrected chi connectivity index (χ2v) is 7.12. The maximum absolute atomic E-state index is 10.2. The summed E-state index contributed by atoms with van der Waals surface area (Å²) in [6, 6.07) is 0. The Morgan fingerprint density at radius 1 is 1.00 bits per heavy atom. The predicted octanol–water partition coefficient (Wildman–Crippen LogP) is 4.06. The molecular weight excluding hydrogens is 196 g/mol. The van der Waals surface area contributed by atoms with Crippen LogP contribution in [0.1, 0.15) is 66.2 Å². The van der Waals surface area contributed by atoms with Gasteiger partial charge in [-0.05, 0) is 49.9 Å². The first-order valence-corrected chi connectivity index (χ1v) is 6.69. The van der Waals surface area contributed by atoms with Gasteiger partial charge in [0.05, 0.1) is 5.60 Å². The molecule has 0 unspecified atom stereocenters. The summed E-state index contributed by atoms with van der Waals surface area (Å²) >= 11 is 0. The Morgan fingerprint density at radius 2 is 1.69 bits per heavy atom. The minimum absolute atomic E-state index is 0.341. The van der Waals surface area contributed by atoms with Gasteiger partial charge in [-0.15, -0.1) is 0 Å². The van der Waals surface area contributed by atoms with Crippen LogP contribution in [0.2, 0.25) is 0 Å². The van der Waals surface area contributed by atoms with E-state index in [4.69, 9.17) is 0 Å². The summed E-state index contributed by atoms with van der Waals surface area (Å²) in [5.41, 5.74) is 1.82. The van der Waals surface area contributed by atoms with Crippen molar-refractivity contribution in [2.75, 3.05) is 0 Å². The van der Waals surface area contributed by atoms with Gasteiger partial charge >= 0.3 is 0 Å². The summed E-state index contributed by atoms with van der Waals surface area (Å²) in [6.07, 6.45) is 9.22. The standard InChI is InChI=1S/C15H26O/c1-13(2)7-5-8-14(3)10-11-15(4,16)9-6-12(13)14/h6,16H,5,7-11H2,1-4H3/t14-,15+/m0/s1. The molecule has 2 rings (SSSR count). The summed E-state index contributed by atoms with van der Waals surface area (Å²) in [5.74, 6) is 0. The van der Waals surface area contributed by atoms with Crippen LogP contribution in [0.3, 0.4) is 0 Å². The third kappa shape index (κ3) is 2.07. The Hall–Kier alpha value is -0.300. The first-order valence-electron chi connectivity index (χ1n) is 6.69. The minimum Gasteiger partial charge on any atom is -0.390 e. The summed E-state index contributed by atoms with van der Waals surface area (Å²) in [6.45, 7) is 9.13. The Bertz CT molecular complexity index is 311. The zero-order valence-electron chi connectivity index (χ0n) is 11.3. The molecule has 0 heterocycles. The summed E-state index contributed by atoms with van der Waals surface area (Å²) in [4.78, 5) is 0. The summed E-state index contributed by atoms with van der Waals surface area (Å²) in [7, 11) is 0. The quantitative estimate of drug-likeness (QED) is 0.613. The Balaban J connectivity index is 2.36. The lowest BCUT2D eigenvalue weighted by molar-refractivity contribution is 0.0440. The molecule has 1 N–H and O–H groups in total. The van der Waals surface area contributed by atoms with Crippen molar-refractivity contribution in [2.24, 2.45) is 10.8 Å². The fourth-order valence-electron chi connectivity index (χ4n) is 3.76. The number of aliphatic hydroxyl groups is 1. The second-order valence-electron chi connectivity index (χ2n) is 7.12. The molecule has 0 saturated heterocycles. The van der Waals surface area contributed by atoms with Crippen molar-refractivity contribution in [3.05, 3.63) is 11.6 Å². The molecule has 0 amide bonds. The molecule has 2 aliphatic carbocycles. The van der Waals surface area contributed by atoms with Gasteiger partial charge in [-0.2, -0.15) is 0 Å². The fraction of sp³-hybridized carbons (Fsp3) is 0.867. The molecule has 1 saturated carbocycles. The van der Waals surface area contributed by atoms with Crippen LogP contribution in [0.4, 0.5) is 0 Å². The highest BCUT2D eigenvalue weighted by Crippen LogP contribution is 2.55. The van der Waals surface area contributed by atoms with Gasteiger partial charge in [0.1, 0.15) is 0 Å². The van der Waals surface area contributed by atoms with Crippen molar-refractivity contribution in [2.45, 2.75) is 71.8 Å². The molecule has 0 aromatic rings. The third-order valence-electron chi connectivity index (χ3n) is 4.87. The molecule has 16 heavy (non-hydrogen) atoms. The molecule has 2 aliphatic rings. The molecule has 0 spiro atoms. The molecule has 1 fully saturated rings. The van der Waals surface area contributed by atoms with E-state index in [0.717, 1.165) is 19.3 Å². The lowest BCUT2D eigenvalue weighted by Crippen LogP contribution is -2.34. The van der Waals surface area contributed by atoms with Gasteiger partial charge in [-0.3, -0.25) is 0 Å². The maximum atomic E-state index is 10.2. The average Bonchev–Trinajstić information content (AvgIpc) is 2.24. The van der Waals surface area contributed by atoms with E-state index in [1.807, 2.05) is 6.92 Å². The topological polar surface area (TPSA) is 20.2 Å². The minimum atomic E-state index is -0.483. The lowest BCUT2D eigenvalue weighted by atomic mass is 9.59. The molecule has 92 valence electrons. The number of hydrogen-bond donors (Lipinski definition) is 1. The Morgan fingerprint density at radius 3 is 2.38 bits per heavy atom. The third-order valence-corrected chi connectivity index (χ3v) is 4.87. The summed E-state index contributed by atoms with van der Waals surface area (Å²) < 4.78 is 0. The molecule has 0 radical (unpaired) electrons. The molecule has 1 heteroatoms. The van der Waals surface area contributed by atoms with Crippen molar-refractivity contribution in [1.82, 2.24) is 0 Å². The zero-order valence-corrected chi connectivity index (χ0v) is 11.3. The Kier molecular flexibility index (Phi) is 2.73. The van der Waals surface area contributed by atoms with E-state index in [9.17, 15) is 5.11 Å². The van der Waals surface area contributed by atoms with Gasteiger partial charge in [-0.1, -0.05) is 38.8 Å². The van der Waals surface area contributed by atoms with Gasteiger partial charge in [0.15, 0.2) is 0 Å². The monoisotopic (exact) mass is 222 g/mol. The van der Waals surface area contributed by atoms with Crippen molar-refractivity contribution in [3.8, 4) is 0 Å². The maximum Gasteiger partial charge on any atom is 0.0654 e. The zero-order chi connectivity index (χ0) is 12.0. The van der Waals surface area contributed by atoms with Crippen LogP contribution in [-0.4, -0.2) is 10.7 Å². The first-order chi connectivity index (χ1) is 7.25. The van der Waals surface area contributed by atoms with E-state index in [0.29, 0.717) is 10.8 Å². The van der Waals surface area contributed by atoms with Gasteiger partial charge in [0, 0.05) is 0 Å². The van der Waals surface area contributed by atoms with E-state index >= 15 is 0 Å². The van der Waals surface area contributed by atoms with Crippen LogP contribution in [-0.2, 0) is 0 Å². The van der Waals surface area contributed by atoms with E-state index < -0.39 is 5.60 Å². The fourth-order valence-corrected chi connectivity index (χ4v) is 3.76. The largest absolute Gasteiger partial charge is 0.390 e. The van der Waals surface area contributed by atoms with Crippen molar-refractivity contribution in [1.29, 1.82) is 0 Å². The van der Waals surface area contributed by atoms with Gasteiger partial charge in [0.2, 0.25) is 0 Å². The lowest BCUT2D eigenvalue weighted by Gasteiger charge is -2.46. The smallest absolute Gasteiger partial charge is 0.0654 e. The predicted molar refractivity (Wildman–Crippen MR) is 68.3 cm³/mol. The number of fused-ring (bicyclic) bond motifs is 1. The van der Waals surface area contributed by atoms with Crippen LogP contribution in [0.25, 0.3) is 0 Å². The van der Waals surface area contributed by atoms with Crippen LogP contribution >= 0.6 is 0 Å². The molecule has 1 nitrogen and oxygen atoms in total. The van der Waals surface area contributed by atoms with Crippen LogP contribution in [0.5, 0.6) is 0 Å². The molecule has 0 aromatic carbocycles. The first kappa shape index (κ1) is 12.2. The second kappa shape index (κ2) is 3.60. The molecule has 0 aliphatic heterocycles. The molecular formula is C15H26O. The highest BCUT2D eigenvalue weighted by Gasteiger charge is 2.43. The number of hydrogen-bond acceptors (Lipinski definition) is 1. The van der Waals surface area contributed by atoms with Gasteiger partial charge in [0.25, 0.3) is 0 Å². The highest BCUT2D eigenvalue weighted by molar-refractivity contribution is 5.25. The van der Waals surface area contributed by atoms with Crippen molar-refractivity contribution < 1.29 is 5.11 Å². The molecule has 2 atom stereocenters. The van der Waals surface area contributed by atoms with Gasteiger partial charge < -0.3 is 5.11 Å². The number of allylic oxidation sites excluding steroid dienone is 1. The van der Waals surface area contributed by atoms with E-state index in [1.54, 1.807) is 5.57 Å². The number of rotatable bonds is 0. The van der Waals surface area contributed by atoms with E-state index in [2.05, 4.69) is 26.8 Å². The van der Waals surface area contributed by atoms with Crippen LogP contribution in [0, 0.1) is 10.8 Å². The Labute approximate surface area is 99.9 Å². The molecule has 0 bridgehead atoms. The van der Waals surface area contributed by atoms with Crippen LogP contribution < -0.4 is 0 Å². The average molecular weight is 222 g/mol. The SMILES string of the molecule is CC1(C)CCC[C@@]2(C)CC[C@](C)(O)CC=C12. The van der Waals surface area contributed by atoms with E-state index in [-0.39, 0.29) is 0 Å². The summed E-state index contributed by atoms with van der Waals surface area (Å²) in [5, 5.41) is 10.2. The van der Waals surface area contributed by atoms with Crippen molar-refractivity contribution in [3.63, 3.8) is 0 Å². The normalized spacial score (nSPS) is 43.2. The molecule has 0 aromatic heterocycles. The van der Waals surface area contributed by atoms with Crippen molar-refractivity contribution >= 4 is 0 Å². The van der Waals surface area contributed by atoms with Gasteiger partial charge in [-0.25, -0.2) is 0 Å².